The topological polar surface area (TPSA) is 49.8 Å². The van der Waals surface area contributed by atoms with Crippen LogP contribution in [0.5, 0.6) is 11.8 Å². The maximum atomic E-state index is 6.20. The molecule has 0 spiro atoms. The molecule has 0 radical (unpaired) electrons. The molecule has 0 aliphatic carbocycles. The molecule has 0 amide bonds. The van der Waals surface area contributed by atoms with Crippen molar-refractivity contribution < 1.29 is 18.8 Å². The summed E-state index contributed by atoms with van der Waals surface area (Å²) < 4.78 is 24.2. The highest BCUT2D eigenvalue weighted by molar-refractivity contribution is 6.63. The van der Waals surface area contributed by atoms with Crippen molar-refractivity contribution in [2.24, 2.45) is 0 Å². The minimum Gasteiger partial charge on any atom is -0.478 e. The van der Waals surface area contributed by atoms with E-state index in [1.54, 1.807) is 0 Å². The Labute approximate surface area is 168 Å². The normalized spacial score (nSPS) is 17.5. The Morgan fingerprint density at radius 1 is 0.929 bits per heavy atom. The van der Waals surface area contributed by atoms with Gasteiger partial charge < -0.3 is 18.8 Å². The first-order valence-corrected chi connectivity index (χ1v) is 9.98. The molecule has 6 heteroatoms. The third kappa shape index (κ3) is 4.68. The van der Waals surface area contributed by atoms with Crippen LogP contribution in [0.1, 0.15) is 53.0 Å². The van der Waals surface area contributed by atoms with Crippen LogP contribution >= 0.6 is 0 Å². The van der Waals surface area contributed by atoms with E-state index in [2.05, 4.69) is 11.9 Å². The fourth-order valence-corrected chi connectivity index (χ4v) is 2.83. The van der Waals surface area contributed by atoms with Crippen molar-refractivity contribution >= 4 is 12.6 Å². The number of unbranched alkanes of at least 4 members (excludes halogenated alkanes) is 1. The summed E-state index contributed by atoms with van der Waals surface area (Å²) >= 11 is 0. The second-order valence-electron chi connectivity index (χ2n) is 8.11. The Morgan fingerprint density at radius 2 is 1.61 bits per heavy atom. The molecule has 0 bridgehead atoms. The predicted octanol–water partition coefficient (Wildman–Crippen LogP) is 4.14. The Morgan fingerprint density at radius 3 is 2.25 bits per heavy atom. The van der Waals surface area contributed by atoms with E-state index in [1.807, 2.05) is 70.2 Å². The van der Waals surface area contributed by atoms with Crippen molar-refractivity contribution in [2.45, 2.75) is 65.3 Å². The number of nitrogens with zero attached hydrogens (tertiary/aromatic N) is 1. The minimum atomic E-state index is -0.534. The van der Waals surface area contributed by atoms with E-state index in [-0.39, 0.29) is 0 Å². The van der Waals surface area contributed by atoms with Gasteiger partial charge in [0.05, 0.1) is 17.8 Å². The van der Waals surface area contributed by atoms with Gasteiger partial charge in [0.2, 0.25) is 11.8 Å². The third-order valence-electron chi connectivity index (χ3n) is 5.34. The minimum absolute atomic E-state index is 0.415. The monoisotopic (exact) mass is 383 g/mol. The largest absolute Gasteiger partial charge is 0.500 e. The lowest BCUT2D eigenvalue weighted by atomic mass is 9.79. The highest BCUT2D eigenvalue weighted by atomic mass is 16.7. The molecule has 3 rings (SSSR count). The van der Waals surface area contributed by atoms with Crippen LogP contribution < -0.4 is 14.9 Å². The van der Waals surface area contributed by atoms with Gasteiger partial charge in [-0.3, -0.25) is 0 Å². The van der Waals surface area contributed by atoms with Gasteiger partial charge in [0.1, 0.15) is 6.61 Å². The number of ether oxygens (including phenoxy) is 2. The van der Waals surface area contributed by atoms with Gasteiger partial charge in [-0.05, 0) is 39.7 Å². The first kappa shape index (κ1) is 20.7. The lowest BCUT2D eigenvalue weighted by Crippen LogP contribution is -2.41. The van der Waals surface area contributed by atoms with Crippen LogP contribution in [0.25, 0.3) is 0 Å². The maximum Gasteiger partial charge on any atom is 0.500 e. The molecule has 1 aromatic carbocycles. The Hall–Kier alpha value is -2.05. The number of hydrogen-bond donors (Lipinski definition) is 0. The highest BCUT2D eigenvalue weighted by Crippen LogP contribution is 2.37. The summed E-state index contributed by atoms with van der Waals surface area (Å²) in [7, 11) is -0.534. The van der Waals surface area contributed by atoms with Gasteiger partial charge in [0.25, 0.3) is 0 Å². The average Bonchev–Trinajstić information content (AvgIpc) is 2.88. The van der Waals surface area contributed by atoms with Crippen molar-refractivity contribution in [2.75, 3.05) is 6.61 Å². The zero-order valence-corrected chi connectivity index (χ0v) is 17.5. The fourth-order valence-electron chi connectivity index (χ4n) is 2.83. The first-order chi connectivity index (χ1) is 13.3. The number of benzene rings is 1. The molecule has 1 aromatic heterocycles. The molecule has 0 saturated carbocycles. The van der Waals surface area contributed by atoms with Crippen LogP contribution in [0.2, 0.25) is 0 Å². The molecular weight excluding hydrogens is 353 g/mol. The molecule has 0 atom stereocenters. The molecule has 28 heavy (non-hydrogen) atoms. The van der Waals surface area contributed by atoms with Crippen LogP contribution in [0.15, 0.2) is 42.5 Å². The fraction of sp³-hybridized carbons (Fsp3) is 0.500. The molecule has 1 aliphatic heterocycles. The number of hydrogen-bond acceptors (Lipinski definition) is 5. The van der Waals surface area contributed by atoms with E-state index in [1.165, 1.54) is 0 Å². The Bertz CT molecular complexity index is 763. The molecule has 1 saturated heterocycles. The molecule has 0 N–H and O–H groups in total. The number of rotatable bonds is 8. The van der Waals surface area contributed by atoms with Crippen LogP contribution in [0.3, 0.4) is 0 Å². The van der Waals surface area contributed by atoms with Gasteiger partial charge in [0, 0.05) is 11.5 Å². The van der Waals surface area contributed by atoms with E-state index < -0.39 is 18.3 Å². The van der Waals surface area contributed by atoms with Crippen LogP contribution in [-0.2, 0) is 15.9 Å². The Balaban J connectivity index is 1.83. The summed E-state index contributed by atoms with van der Waals surface area (Å²) in [5.41, 5.74) is 0.994. The summed E-state index contributed by atoms with van der Waals surface area (Å²) in [4.78, 5) is 4.60. The van der Waals surface area contributed by atoms with Crippen molar-refractivity contribution in [1.29, 1.82) is 0 Å². The summed E-state index contributed by atoms with van der Waals surface area (Å²) in [6.07, 6.45) is 2.06. The van der Waals surface area contributed by atoms with Gasteiger partial charge in [-0.2, -0.15) is 4.98 Å². The lowest BCUT2D eigenvalue weighted by molar-refractivity contribution is 0.00578. The van der Waals surface area contributed by atoms with Gasteiger partial charge in [0.15, 0.2) is 0 Å². The van der Waals surface area contributed by atoms with Crippen LogP contribution in [0, 0.1) is 0 Å². The van der Waals surface area contributed by atoms with E-state index >= 15 is 0 Å². The SMILES string of the molecule is CCCCOc1ccc(B2OC(C)(C)C(C)(C)O2)c(OCc2ccccc2)n1. The van der Waals surface area contributed by atoms with E-state index in [9.17, 15) is 0 Å². The van der Waals surface area contributed by atoms with Gasteiger partial charge >= 0.3 is 7.12 Å². The zero-order valence-electron chi connectivity index (χ0n) is 17.5. The van der Waals surface area contributed by atoms with Crippen molar-refractivity contribution in [3.05, 3.63) is 48.0 Å². The summed E-state index contributed by atoms with van der Waals surface area (Å²) in [5.74, 6) is 1.04. The average molecular weight is 383 g/mol. The highest BCUT2D eigenvalue weighted by Gasteiger charge is 2.52. The summed E-state index contributed by atoms with van der Waals surface area (Å²) in [6, 6.07) is 13.8. The predicted molar refractivity (Wildman–Crippen MR) is 111 cm³/mol. The van der Waals surface area contributed by atoms with E-state index in [0.29, 0.717) is 25.0 Å². The van der Waals surface area contributed by atoms with E-state index in [0.717, 1.165) is 23.9 Å². The van der Waals surface area contributed by atoms with Gasteiger partial charge in [-0.25, -0.2) is 0 Å². The molecule has 5 nitrogen and oxygen atoms in total. The molecular formula is C22H30BNO4. The van der Waals surface area contributed by atoms with Crippen molar-refractivity contribution in [3.63, 3.8) is 0 Å². The number of pyridine rings is 1. The standard InChI is InChI=1S/C22H30BNO4/c1-6-7-15-25-19-14-13-18(23-27-21(2,3)22(4,5)28-23)20(24-19)26-16-17-11-9-8-10-12-17/h8-14H,6-7,15-16H2,1-5H3. The smallest absolute Gasteiger partial charge is 0.478 e. The molecule has 2 heterocycles. The molecule has 150 valence electrons. The molecule has 1 aliphatic rings. The van der Waals surface area contributed by atoms with E-state index in [4.69, 9.17) is 18.8 Å². The van der Waals surface area contributed by atoms with Crippen molar-refractivity contribution in [1.82, 2.24) is 4.98 Å². The summed E-state index contributed by atoms with van der Waals surface area (Å²) in [5, 5.41) is 0. The molecule has 2 aromatic rings. The Kier molecular flexibility index (Phi) is 6.31. The maximum absolute atomic E-state index is 6.20. The second kappa shape index (κ2) is 8.54. The molecule has 1 fully saturated rings. The quantitative estimate of drug-likeness (QED) is 0.507. The number of aromatic nitrogens is 1. The third-order valence-corrected chi connectivity index (χ3v) is 5.34. The summed E-state index contributed by atoms with van der Waals surface area (Å²) in [6.45, 7) is 11.3. The lowest BCUT2D eigenvalue weighted by Gasteiger charge is -2.32. The zero-order chi connectivity index (χ0) is 20.2. The van der Waals surface area contributed by atoms with Gasteiger partial charge in [-0.15, -0.1) is 0 Å². The van der Waals surface area contributed by atoms with Crippen LogP contribution in [0.4, 0.5) is 0 Å². The molecule has 0 unspecified atom stereocenters. The second-order valence-corrected chi connectivity index (χ2v) is 8.11. The van der Waals surface area contributed by atoms with Gasteiger partial charge in [-0.1, -0.05) is 49.7 Å². The van der Waals surface area contributed by atoms with Crippen molar-refractivity contribution in [3.8, 4) is 11.8 Å². The first-order valence-electron chi connectivity index (χ1n) is 9.98. The van der Waals surface area contributed by atoms with Crippen LogP contribution in [-0.4, -0.2) is 29.9 Å².